The van der Waals surface area contributed by atoms with Crippen molar-refractivity contribution in [3.8, 4) is 0 Å². The highest BCUT2D eigenvalue weighted by molar-refractivity contribution is 7.91. The highest BCUT2D eigenvalue weighted by atomic mass is 32.2. The van der Waals surface area contributed by atoms with E-state index in [-0.39, 0.29) is 10.3 Å². The highest BCUT2D eigenvalue weighted by Gasteiger charge is 2.19. The number of pyridine rings is 1. The molecule has 3 nitrogen and oxygen atoms in total. The second-order valence-corrected chi connectivity index (χ2v) is 7.42. The molecule has 1 heterocycles. The Balaban J connectivity index is 2.43. The van der Waals surface area contributed by atoms with E-state index in [1.165, 1.54) is 6.20 Å². The van der Waals surface area contributed by atoms with Crippen LogP contribution in [0.1, 0.15) is 26.3 Å². The van der Waals surface area contributed by atoms with Gasteiger partial charge in [-0.1, -0.05) is 32.9 Å². The van der Waals surface area contributed by atoms with Gasteiger partial charge in [0.25, 0.3) is 0 Å². The lowest BCUT2D eigenvalue weighted by Crippen LogP contribution is -2.11. The van der Waals surface area contributed by atoms with E-state index < -0.39 is 9.84 Å². The summed E-state index contributed by atoms with van der Waals surface area (Å²) in [4.78, 5) is 4.37. The molecule has 0 unspecified atom stereocenters. The minimum Gasteiger partial charge on any atom is -0.263 e. The summed E-state index contributed by atoms with van der Waals surface area (Å²) in [5, 5.41) is 0. The number of hydrogen-bond acceptors (Lipinski definition) is 3. The lowest BCUT2D eigenvalue weighted by atomic mass is 9.87. The molecule has 0 amide bonds. The molecule has 0 bridgehead atoms. The smallest absolute Gasteiger partial charge is 0.208 e. The molecule has 19 heavy (non-hydrogen) atoms. The van der Waals surface area contributed by atoms with Crippen molar-refractivity contribution in [2.45, 2.75) is 36.0 Å². The van der Waals surface area contributed by atoms with Gasteiger partial charge >= 0.3 is 0 Å². The number of aromatic nitrogens is 1. The molecule has 0 aliphatic carbocycles. The summed E-state index contributed by atoms with van der Waals surface area (Å²) in [5.74, 6) is 0. The molecule has 1 aromatic heterocycles. The van der Waals surface area contributed by atoms with Crippen LogP contribution < -0.4 is 0 Å². The minimum atomic E-state index is -3.46. The molecular weight excluding hydrogens is 258 g/mol. The normalized spacial score (nSPS) is 12.4. The summed E-state index contributed by atoms with van der Waals surface area (Å²) in [6.07, 6.45) is 2.93. The quantitative estimate of drug-likeness (QED) is 0.845. The Morgan fingerprint density at radius 2 is 1.58 bits per heavy atom. The molecular formula is C15H17NO2S. The van der Waals surface area contributed by atoms with Crippen LogP contribution in [0.15, 0.2) is 58.6 Å². The van der Waals surface area contributed by atoms with Crippen LogP contribution in [0, 0.1) is 0 Å². The molecule has 100 valence electrons. The van der Waals surface area contributed by atoms with Crippen LogP contribution in [0.2, 0.25) is 0 Å². The van der Waals surface area contributed by atoms with Crippen LogP contribution >= 0.6 is 0 Å². The zero-order chi connectivity index (χ0) is 14.1. The monoisotopic (exact) mass is 275 g/mol. The van der Waals surface area contributed by atoms with Crippen molar-refractivity contribution < 1.29 is 8.42 Å². The Hall–Kier alpha value is -1.68. The van der Waals surface area contributed by atoms with Gasteiger partial charge in [-0.2, -0.15) is 0 Å². The van der Waals surface area contributed by atoms with Gasteiger partial charge in [-0.3, -0.25) is 4.98 Å². The molecule has 1 aromatic carbocycles. The predicted molar refractivity (Wildman–Crippen MR) is 74.8 cm³/mol. The molecule has 2 rings (SSSR count). The zero-order valence-electron chi connectivity index (χ0n) is 11.3. The Kier molecular flexibility index (Phi) is 3.45. The van der Waals surface area contributed by atoms with E-state index in [2.05, 4.69) is 25.8 Å². The topological polar surface area (TPSA) is 47.0 Å². The van der Waals surface area contributed by atoms with Crippen molar-refractivity contribution in [3.05, 3.63) is 54.4 Å². The van der Waals surface area contributed by atoms with Gasteiger partial charge in [0, 0.05) is 12.4 Å². The Bertz CT molecular complexity index is 654. The van der Waals surface area contributed by atoms with Gasteiger partial charge in [0.05, 0.1) is 9.79 Å². The Morgan fingerprint density at radius 1 is 0.947 bits per heavy atom. The summed E-state index contributed by atoms with van der Waals surface area (Å²) in [5.41, 5.74) is 1.12. The molecule has 0 radical (unpaired) electrons. The van der Waals surface area contributed by atoms with Crippen molar-refractivity contribution in [2.24, 2.45) is 0 Å². The SMILES string of the molecule is CC(C)(C)c1ccc(S(=O)(=O)c2cccnc2)cc1. The van der Waals surface area contributed by atoms with Gasteiger partial charge < -0.3 is 0 Å². The fraction of sp³-hybridized carbons (Fsp3) is 0.267. The fourth-order valence-electron chi connectivity index (χ4n) is 1.78. The summed E-state index contributed by atoms with van der Waals surface area (Å²) in [7, 11) is -3.46. The minimum absolute atomic E-state index is 0.0105. The van der Waals surface area contributed by atoms with Crippen LogP contribution in [0.25, 0.3) is 0 Å². The van der Waals surface area contributed by atoms with Crippen LogP contribution in [0.5, 0.6) is 0 Å². The standard InChI is InChI=1S/C15H17NO2S/c1-15(2,3)12-6-8-13(9-7-12)19(17,18)14-5-4-10-16-11-14/h4-11H,1-3H3. The molecule has 0 saturated heterocycles. The Labute approximate surface area is 114 Å². The number of benzene rings is 1. The van der Waals surface area contributed by atoms with Crippen molar-refractivity contribution in [3.63, 3.8) is 0 Å². The average molecular weight is 275 g/mol. The van der Waals surface area contributed by atoms with Crippen LogP contribution in [0.3, 0.4) is 0 Å². The van der Waals surface area contributed by atoms with Gasteiger partial charge in [-0.25, -0.2) is 8.42 Å². The van der Waals surface area contributed by atoms with Gasteiger partial charge in [-0.05, 0) is 35.2 Å². The Morgan fingerprint density at radius 3 is 2.05 bits per heavy atom. The number of sulfone groups is 1. The second-order valence-electron chi connectivity index (χ2n) is 5.47. The molecule has 0 fully saturated rings. The number of hydrogen-bond donors (Lipinski definition) is 0. The summed E-state index contributed by atoms with van der Waals surface area (Å²) < 4.78 is 24.7. The highest BCUT2D eigenvalue weighted by Crippen LogP contribution is 2.25. The van der Waals surface area contributed by atoms with E-state index in [0.717, 1.165) is 5.56 Å². The zero-order valence-corrected chi connectivity index (χ0v) is 12.1. The van der Waals surface area contributed by atoms with Crippen LogP contribution in [0.4, 0.5) is 0 Å². The first kappa shape index (κ1) is 13.7. The third-order valence-corrected chi connectivity index (χ3v) is 4.73. The van der Waals surface area contributed by atoms with Gasteiger partial charge in [0.2, 0.25) is 9.84 Å². The maximum absolute atomic E-state index is 12.4. The van der Waals surface area contributed by atoms with Gasteiger partial charge in [-0.15, -0.1) is 0 Å². The molecule has 2 aromatic rings. The molecule has 0 saturated carbocycles. The second kappa shape index (κ2) is 4.78. The first-order chi connectivity index (χ1) is 8.82. The van der Waals surface area contributed by atoms with E-state index in [9.17, 15) is 8.42 Å². The molecule has 0 N–H and O–H groups in total. The maximum atomic E-state index is 12.4. The predicted octanol–water partition coefficient (Wildman–Crippen LogP) is 3.21. The molecule has 0 atom stereocenters. The van der Waals surface area contributed by atoms with E-state index in [0.29, 0.717) is 4.90 Å². The number of rotatable bonds is 2. The van der Waals surface area contributed by atoms with E-state index in [1.54, 1.807) is 30.5 Å². The van der Waals surface area contributed by atoms with Crippen molar-refractivity contribution in [1.29, 1.82) is 0 Å². The van der Waals surface area contributed by atoms with Gasteiger partial charge in [0.1, 0.15) is 0 Å². The fourth-order valence-corrected chi connectivity index (χ4v) is 3.00. The molecule has 0 aliphatic rings. The van der Waals surface area contributed by atoms with E-state index in [4.69, 9.17) is 0 Å². The van der Waals surface area contributed by atoms with E-state index in [1.807, 2.05) is 12.1 Å². The van der Waals surface area contributed by atoms with Crippen molar-refractivity contribution in [2.75, 3.05) is 0 Å². The van der Waals surface area contributed by atoms with Gasteiger partial charge in [0.15, 0.2) is 0 Å². The van der Waals surface area contributed by atoms with Crippen LogP contribution in [-0.2, 0) is 15.3 Å². The maximum Gasteiger partial charge on any atom is 0.208 e. The van der Waals surface area contributed by atoms with Crippen molar-refractivity contribution >= 4 is 9.84 Å². The molecule has 0 aliphatic heterocycles. The third kappa shape index (κ3) is 2.84. The largest absolute Gasteiger partial charge is 0.263 e. The number of nitrogens with zero attached hydrogens (tertiary/aromatic N) is 1. The van der Waals surface area contributed by atoms with E-state index >= 15 is 0 Å². The first-order valence-corrected chi connectivity index (χ1v) is 7.56. The third-order valence-electron chi connectivity index (χ3n) is 2.98. The lowest BCUT2D eigenvalue weighted by molar-refractivity contribution is 0.586. The summed E-state index contributed by atoms with van der Waals surface area (Å²) in [6, 6.07) is 10.2. The summed E-state index contributed by atoms with van der Waals surface area (Å²) >= 11 is 0. The molecule has 0 spiro atoms. The lowest BCUT2D eigenvalue weighted by Gasteiger charge is -2.19. The first-order valence-electron chi connectivity index (χ1n) is 6.07. The summed E-state index contributed by atoms with van der Waals surface area (Å²) in [6.45, 7) is 6.28. The molecule has 4 heteroatoms. The average Bonchev–Trinajstić information content (AvgIpc) is 2.39. The van der Waals surface area contributed by atoms with Crippen molar-refractivity contribution in [1.82, 2.24) is 4.98 Å². The van der Waals surface area contributed by atoms with Crippen LogP contribution in [-0.4, -0.2) is 13.4 Å².